The third-order valence-corrected chi connectivity index (χ3v) is 5.26. The number of aryl methyl sites for hydroxylation is 3. The third kappa shape index (κ3) is 2.79. The maximum atomic E-state index is 11.1. The Balaban J connectivity index is 2.48. The number of aliphatic hydroxyl groups is 1. The summed E-state index contributed by atoms with van der Waals surface area (Å²) in [4.78, 5) is 0. The van der Waals surface area contributed by atoms with Crippen LogP contribution < -0.4 is 0 Å². The molecule has 0 heterocycles. The number of hydrogen-bond donors (Lipinski definition) is 1. The molecule has 0 amide bonds. The van der Waals surface area contributed by atoms with Gasteiger partial charge in [-0.2, -0.15) is 0 Å². The van der Waals surface area contributed by atoms with Gasteiger partial charge in [-0.1, -0.05) is 52.7 Å². The van der Waals surface area contributed by atoms with Gasteiger partial charge in [0.05, 0.1) is 6.10 Å². The second kappa shape index (κ2) is 6.30. The molecular weight excluding hydrogens is 244 g/mol. The van der Waals surface area contributed by atoms with E-state index in [1.165, 1.54) is 35.1 Å². The second-order valence-corrected chi connectivity index (χ2v) is 6.65. The van der Waals surface area contributed by atoms with Gasteiger partial charge in [0.15, 0.2) is 0 Å². The molecule has 1 aliphatic carbocycles. The first-order chi connectivity index (χ1) is 9.55. The fourth-order valence-corrected chi connectivity index (χ4v) is 3.80. The number of hydrogen-bond acceptors (Lipinski definition) is 1. The second-order valence-electron chi connectivity index (χ2n) is 6.65. The molecule has 0 aromatic heterocycles. The van der Waals surface area contributed by atoms with Crippen LogP contribution in [-0.4, -0.2) is 5.11 Å². The smallest absolute Gasteiger partial charge is 0.0848 e. The normalized spacial score (nSPS) is 19.2. The summed E-state index contributed by atoms with van der Waals surface area (Å²) in [7, 11) is 0. The van der Waals surface area contributed by atoms with Crippen molar-refractivity contribution in [3.63, 3.8) is 0 Å². The minimum absolute atomic E-state index is 0.0849. The highest BCUT2D eigenvalue weighted by molar-refractivity contribution is 5.42. The summed E-state index contributed by atoms with van der Waals surface area (Å²) < 4.78 is 0. The van der Waals surface area contributed by atoms with Gasteiger partial charge < -0.3 is 5.11 Å². The van der Waals surface area contributed by atoms with Crippen molar-refractivity contribution in [3.8, 4) is 0 Å². The number of rotatable bonds is 5. The average molecular weight is 274 g/mol. The van der Waals surface area contributed by atoms with Crippen LogP contribution in [0, 0.1) is 5.41 Å². The van der Waals surface area contributed by atoms with Gasteiger partial charge in [-0.3, -0.25) is 0 Å². The summed E-state index contributed by atoms with van der Waals surface area (Å²) in [5, 5.41) is 11.1. The maximum Gasteiger partial charge on any atom is 0.0848 e. The van der Waals surface area contributed by atoms with Crippen LogP contribution in [0.4, 0.5) is 0 Å². The van der Waals surface area contributed by atoms with Gasteiger partial charge in [0, 0.05) is 0 Å². The fraction of sp³-hybridized carbons (Fsp3) is 0.684. The van der Waals surface area contributed by atoms with Crippen LogP contribution in [0.25, 0.3) is 0 Å². The predicted octanol–water partition coefficient (Wildman–Crippen LogP) is 4.99. The van der Waals surface area contributed by atoms with Crippen LogP contribution in [0.2, 0.25) is 0 Å². The SMILES string of the molecule is CCc1cc(CC)c(C(O)C2(C)CCCC2)c(CC)c1. The highest BCUT2D eigenvalue weighted by Crippen LogP contribution is 2.48. The van der Waals surface area contributed by atoms with Crippen molar-refractivity contribution < 1.29 is 5.11 Å². The number of benzene rings is 1. The first-order valence-electron chi connectivity index (χ1n) is 8.38. The lowest BCUT2D eigenvalue weighted by Gasteiger charge is -2.33. The zero-order chi connectivity index (χ0) is 14.8. The molecule has 20 heavy (non-hydrogen) atoms. The molecule has 1 fully saturated rings. The lowest BCUT2D eigenvalue weighted by atomic mass is 9.75. The van der Waals surface area contributed by atoms with Gasteiger partial charge in [-0.25, -0.2) is 0 Å². The molecule has 1 heteroatoms. The largest absolute Gasteiger partial charge is 0.388 e. The summed E-state index contributed by atoms with van der Waals surface area (Å²) in [5.41, 5.74) is 5.47. The standard InChI is InChI=1S/C19H30O/c1-5-14-12-15(6-2)17(16(7-3)13-14)18(20)19(4)10-8-9-11-19/h12-13,18,20H,5-11H2,1-4H3. The van der Waals surface area contributed by atoms with Gasteiger partial charge in [-0.05, 0) is 59.8 Å². The highest BCUT2D eigenvalue weighted by atomic mass is 16.3. The molecule has 1 N–H and O–H groups in total. The van der Waals surface area contributed by atoms with Gasteiger partial charge in [-0.15, -0.1) is 0 Å². The van der Waals surface area contributed by atoms with E-state index in [1.807, 2.05) is 0 Å². The van der Waals surface area contributed by atoms with E-state index in [0.717, 1.165) is 32.1 Å². The summed E-state index contributed by atoms with van der Waals surface area (Å²) in [5.74, 6) is 0. The van der Waals surface area contributed by atoms with Crippen molar-refractivity contribution in [1.82, 2.24) is 0 Å². The highest BCUT2D eigenvalue weighted by Gasteiger charge is 2.38. The maximum absolute atomic E-state index is 11.1. The van der Waals surface area contributed by atoms with E-state index in [-0.39, 0.29) is 11.5 Å². The molecule has 1 aromatic carbocycles. The van der Waals surface area contributed by atoms with E-state index in [1.54, 1.807) is 0 Å². The van der Waals surface area contributed by atoms with Gasteiger partial charge in [0.1, 0.15) is 0 Å². The van der Waals surface area contributed by atoms with E-state index in [4.69, 9.17) is 0 Å². The molecule has 1 aliphatic rings. The summed E-state index contributed by atoms with van der Waals surface area (Å²) in [6, 6.07) is 4.63. The van der Waals surface area contributed by atoms with Crippen LogP contribution in [0.3, 0.4) is 0 Å². The molecule has 0 saturated heterocycles. The summed E-state index contributed by atoms with van der Waals surface area (Å²) in [6.07, 6.45) is 7.68. The van der Waals surface area contributed by atoms with Crippen molar-refractivity contribution in [3.05, 3.63) is 34.4 Å². The molecule has 0 aliphatic heterocycles. The Bertz CT molecular complexity index is 430. The van der Waals surface area contributed by atoms with E-state index in [0.29, 0.717) is 0 Å². The van der Waals surface area contributed by atoms with Crippen molar-refractivity contribution in [2.24, 2.45) is 5.41 Å². The molecule has 0 spiro atoms. The Labute approximate surface area is 124 Å². The van der Waals surface area contributed by atoms with Crippen molar-refractivity contribution in [2.75, 3.05) is 0 Å². The molecule has 1 unspecified atom stereocenters. The van der Waals surface area contributed by atoms with E-state index in [9.17, 15) is 5.11 Å². The first kappa shape index (κ1) is 15.6. The van der Waals surface area contributed by atoms with Crippen LogP contribution in [0.1, 0.15) is 81.7 Å². The van der Waals surface area contributed by atoms with E-state index >= 15 is 0 Å². The zero-order valence-electron chi connectivity index (χ0n) is 13.6. The topological polar surface area (TPSA) is 20.2 Å². The van der Waals surface area contributed by atoms with Crippen molar-refractivity contribution in [2.45, 2.75) is 78.7 Å². The van der Waals surface area contributed by atoms with Crippen molar-refractivity contribution >= 4 is 0 Å². The third-order valence-electron chi connectivity index (χ3n) is 5.26. The quantitative estimate of drug-likeness (QED) is 0.802. The fourth-order valence-electron chi connectivity index (χ4n) is 3.80. The Kier molecular flexibility index (Phi) is 4.90. The first-order valence-corrected chi connectivity index (χ1v) is 8.38. The predicted molar refractivity (Wildman–Crippen MR) is 86.1 cm³/mol. The molecular formula is C19H30O. The molecule has 0 radical (unpaired) electrons. The van der Waals surface area contributed by atoms with Gasteiger partial charge in [0.2, 0.25) is 0 Å². The average Bonchev–Trinajstić information content (AvgIpc) is 2.92. The monoisotopic (exact) mass is 274 g/mol. The molecule has 0 bridgehead atoms. The number of aliphatic hydroxyl groups excluding tert-OH is 1. The Morgan fingerprint density at radius 2 is 1.50 bits per heavy atom. The Hall–Kier alpha value is -0.820. The van der Waals surface area contributed by atoms with Crippen LogP contribution in [0.5, 0.6) is 0 Å². The van der Waals surface area contributed by atoms with Crippen molar-refractivity contribution in [1.29, 1.82) is 0 Å². The molecule has 112 valence electrons. The van der Waals surface area contributed by atoms with Gasteiger partial charge >= 0.3 is 0 Å². The Morgan fingerprint density at radius 3 is 1.90 bits per heavy atom. The summed E-state index contributed by atoms with van der Waals surface area (Å²) >= 11 is 0. The van der Waals surface area contributed by atoms with E-state index in [2.05, 4.69) is 39.8 Å². The minimum atomic E-state index is -0.291. The molecule has 1 atom stereocenters. The minimum Gasteiger partial charge on any atom is -0.388 e. The van der Waals surface area contributed by atoms with Crippen LogP contribution >= 0.6 is 0 Å². The van der Waals surface area contributed by atoms with Crippen LogP contribution in [0.15, 0.2) is 12.1 Å². The lowest BCUT2D eigenvalue weighted by molar-refractivity contribution is 0.0394. The van der Waals surface area contributed by atoms with Crippen LogP contribution in [-0.2, 0) is 19.3 Å². The molecule has 2 rings (SSSR count). The molecule has 1 aromatic rings. The molecule has 1 nitrogen and oxygen atoms in total. The zero-order valence-corrected chi connectivity index (χ0v) is 13.6. The van der Waals surface area contributed by atoms with Gasteiger partial charge in [0.25, 0.3) is 0 Å². The van der Waals surface area contributed by atoms with E-state index < -0.39 is 0 Å². The molecule has 1 saturated carbocycles. The Morgan fingerprint density at radius 1 is 1.00 bits per heavy atom. The summed E-state index contributed by atoms with van der Waals surface area (Å²) in [6.45, 7) is 8.91. The lowest BCUT2D eigenvalue weighted by Crippen LogP contribution is -2.24.